The van der Waals surface area contributed by atoms with Crippen LogP contribution in [0.25, 0.3) is 0 Å². The molecule has 6 heteroatoms. The molecule has 0 radical (unpaired) electrons. The second-order valence-corrected chi connectivity index (χ2v) is 4.76. The minimum atomic E-state index is -4.80. The van der Waals surface area contributed by atoms with Gasteiger partial charge < -0.3 is 5.11 Å². The number of rotatable bonds is 1. The summed E-state index contributed by atoms with van der Waals surface area (Å²) < 4.78 is 51.0. The fraction of sp³-hybridized carbons (Fsp3) is 0.462. The van der Waals surface area contributed by atoms with Gasteiger partial charge in [0, 0.05) is 12.8 Å². The van der Waals surface area contributed by atoms with Crippen molar-refractivity contribution in [2.75, 3.05) is 0 Å². The highest BCUT2D eigenvalue weighted by molar-refractivity contribution is 5.79. The van der Waals surface area contributed by atoms with Gasteiger partial charge in [0.1, 0.15) is 11.6 Å². The molecular formula is C13H12F4O2. The third-order valence-electron chi connectivity index (χ3n) is 3.44. The lowest BCUT2D eigenvalue weighted by molar-refractivity contribution is -0.140. The Balaban J connectivity index is 2.38. The van der Waals surface area contributed by atoms with Gasteiger partial charge in [-0.2, -0.15) is 13.2 Å². The Morgan fingerprint density at radius 2 is 1.74 bits per heavy atom. The van der Waals surface area contributed by atoms with E-state index in [1.807, 2.05) is 0 Å². The Bertz CT molecular complexity index is 498. The maximum absolute atomic E-state index is 13.2. The van der Waals surface area contributed by atoms with E-state index in [1.165, 1.54) is 0 Å². The summed E-state index contributed by atoms with van der Waals surface area (Å²) in [7, 11) is 0. The molecule has 0 unspecified atom stereocenters. The van der Waals surface area contributed by atoms with Gasteiger partial charge in [-0.15, -0.1) is 0 Å². The smallest absolute Gasteiger partial charge is 0.385 e. The Morgan fingerprint density at radius 1 is 1.16 bits per heavy atom. The Labute approximate surface area is 107 Å². The largest absolute Gasteiger partial charge is 0.419 e. The van der Waals surface area contributed by atoms with E-state index in [1.54, 1.807) is 0 Å². The lowest BCUT2D eigenvalue weighted by Crippen LogP contribution is -2.32. The Morgan fingerprint density at radius 3 is 2.26 bits per heavy atom. The quantitative estimate of drug-likeness (QED) is 0.800. The SMILES string of the molecule is O=C1CCC(O)(c2ccc(F)c(C(F)(F)F)c2)CC1. The summed E-state index contributed by atoms with van der Waals surface area (Å²) in [6.07, 6.45) is -4.44. The molecule has 0 spiro atoms. The van der Waals surface area contributed by atoms with Crippen LogP contribution in [0.2, 0.25) is 0 Å². The van der Waals surface area contributed by atoms with Crippen LogP contribution in [0.15, 0.2) is 18.2 Å². The van der Waals surface area contributed by atoms with Crippen LogP contribution in [-0.2, 0) is 16.6 Å². The molecule has 1 aliphatic rings. The van der Waals surface area contributed by atoms with E-state index in [-0.39, 0.29) is 37.0 Å². The minimum Gasteiger partial charge on any atom is -0.385 e. The van der Waals surface area contributed by atoms with Gasteiger partial charge in [0.2, 0.25) is 0 Å². The molecule has 1 aromatic rings. The number of aliphatic hydroxyl groups is 1. The van der Waals surface area contributed by atoms with E-state index in [2.05, 4.69) is 0 Å². The third-order valence-corrected chi connectivity index (χ3v) is 3.44. The predicted octanol–water partition coefficient (Wildman–Crippen LogP) is 3.18. The number of Topliss-reactive ketones (excluding diaryl/α,β-unsaturated/α-hetero) is 1. The van der Waals surface area contributed by atoms with E-state index in [0.29, 0.717) is 12.1 Å². The maximum Gasteiger partial charge on any atom is 0.419 e. The lowest BCUT2D eigenvalue weighted by Gasteiger charge is -2.32. The molecule has 0 aromatic heterocycles. The number of benzene rings is 1. The van der Waals surface area contributed by atoms with Crippen LogP contribution in [0, 0.1) is 5.82 Å². The number of carbonyl (C=O) groups excluding carboxylic acids is 1. The molecule has 2 nitrogen and oxygen atoms in total. The van der Waals surface area contributed by atoms with Crippen molar-refractivity contribution < 1.29 is 27.5 Å². The number of ketones is 1. The van der Waals surface area contributed by atoms with E-state index in [0.717, 1.165) is 6.07 Å². The molecule has 1 N–H and O–H groups in total. The lowest BCUT2D eigenvalue weighted by atomic mass is 9.79. The molecular weight excluding hydrogens is 264 g/mol. The van der Waals surface area contributed by atoms with Crippen molar-refractivity contribution in [2.45, 2.75) is 37.5 Å². The summed E-state index contributed by atoms with van der Waals surface area (Å²) in [6, 6.07) is 2.47. The van der Waals surface area contributed by atoms with Gasteiger partial charge in [0.15, 0.2) is 0 Å². The molecule has 1 fully saturated rings. The summed E-state index contributed by atoms with van der Waals surface area (Å²) in [5.41, 5.74) is -2.87. The molecule has 104 valence electrons. The third kappa shape index (κ3) is 2.78. The zero-order valence-corrected chi connectivity index (χ0v) is 9.93. The Hall–Kier alpha value is -1.43. The molecule has 2 rings (SSSR count). The summed E-state index contributed by atoms with van der Waals surface area (Å²) in [5, 5.41) is 10.3. The second kappa shape index (κ2) is 4.59. The fourth-order valence-corrected chi connectivity index (χ4v) is 2.26. The number of hydrogen-bond acceptors (Lipinski definition) is 2. The number of hydrogen-bond donors (Lipinski definition) is 1. The highest BCUT2D eigenvalue weighted by Crippen LogP contribution is 2.39. The fourth-order valence-electron chi connectivity index (χ4n) is 2.26. The first kappa shape index (κ1) is 14.0. The summed E-state index contributed by atoms with van der Waals surface area (Å²) in [4.78, 5) is 11.1. The summed E-state index contributed by atoms with van der Waals surface area (Å²) >= 11 is 0. The second-order valence-electron chi connectivity index (χ2n) is 4.76. The molecule has 1 saturated carbocycles. The monoisotopic (exact) mass is 276 g/mol. The maximum atomic E-state index is 13.2. The zero-order valence-electron chi connectivity index (χ0n) is 9.93. The standard InChI is InChI=1S/C13H12F4O2/c14-11-2-1-8(7-10(11)13(15,16)17)12(19)5-3-9(18)4-6-12/h1-2,7,19H,3-6H2. The minimum absolute atomic E-state index is 0.00808. The van der Waals surface area contributed by atoms with Gasteiger partial charge in [-0.1, -0.05) is 6.07 Å². The summed E-state index contributed by atoms with van der Waals surface area (Å²) in [5.74, 6) is -1.39. The van der Waals surface area contributed by atoms with Gasteiger partial charge in [0.25, 0.3) is 0 Å². The van der Waals surface area contributed by atoms with Gasteiger partial charge in [-0.05, 0) is 30.5 Å². The Kier molecular flexibility index (Phi) is 3.38. The van der Waals surface area contributed by atoms with Crippen LogP contribution in [-0.4, -0.2) is 10.9 Å². The van der Waals surface area contributed by atoms with Crippen molar-refractivity contribution in [3.05, 3.63) is 35.1 Å². The van der Waals surface area contributed by atoms with Crippen molar-refractivity contribution in [2.24, 2.45) is 0 Å². The normalized spacial score (nSPS) is 19.5. The van der Waals surface area contributed by atoms with Crippen LogP contribution < -0.4 is 0 Å². The topological polar surface area (TPSA) is 37.3 Å². The highest BCUT2D eigenvalue weighted by atomic mass is 19.4. The zero-order chi connectivity index (χ0) is 14.3. The van der Waals surface area contributed by atoms with E-state index < -0.39 is 23.2 Å². The average Bonchev–Trinajstić information content (AvgIpc) is 2.32. The van der Waals surface area contributed by atoms with Crippen molar-refractivity contribution in [3.63, 3.8) is 0 Å². The highest BCUT2D eigenvalue weighted by Gasteiger charge is 2.38. The molecule has 0 aliphatic heterocycles. The molecule has 1 aromatic carbocycles. The molecule has 0 atom stereocenters. The van der Waals surface area contributed by atoms with Gasteiger partial charge in [0.05, 0.1) is 11.2 Å². The number of alkyl halides is 3. The molecule has 0 bridgehead atoms. The van der Waals surface area contributed by atoms with E-state index in [9.17, 15) is 27.5 Å². The molecule has 0 saturated heterocycles. The predicted molar refractivity (Wildman–Crippen MR) is 58.8 cm³/mol. The van der Waals surface area contributed by atoms with Crippen LogP contribution >= 0.6 is 0 Å². The first-order valence-corrected chi connectivity index (χ1v) is 5.84. The van der Waals surface area contributed by atoms with Gasteiger partial charge in [-0.25, -0.2) is 4.39 Å². The molecule has 19 heavy (non-hydrogen) atoms. The van der Waals surface area contributed by atoms with Crippen LogP contribution in [0.4, 0.5) is 17.6 Å². The molecule has 0 heterocycles. The van der Waals surface area contributed by atoms with Crippen molar-refractivity contribution in [1.29, 1.82) is 0 Å². The van der Waals surface area contributed by atoms with Crippen molar-refractivity contribution in [1.82, 2.24) is 0 Å². The molecule has 1 aliphatic carbocycles. The average molecular weight is 276 g/mol. The summed E-state index contributed by atoms with van der Waals surface area (Å²) in [6.45, 7) is 0. The van der Waals surface area contributed by atoms with E-state index in [4.69, 9.17) is 0 Å². The van der Waals surface area contributed by atoms with Crippen LogP contribution in [0.5, 0.6) is 0 Å². The van der Waals surface area contributed by atoms with Gasteiger partial charge in [-0.3, -0.25) is 4.79 Å². The first-order chi connectivity index (χ1) is 8.72. The number of halogens is 4. The molecule has 0 amide bonds. The van der Waals surface area contributed by atoms with Crippen molar-refractivity contribution >= 4 is 5.78 Å². The van der Waals surface area contributed by atoms with Crippen LogP contribution in [0.3, 0.4) is 0 Å². The van der Waals surface area contributed by atoms with Crippen LogP contribution in [0.1, 0.15) is 36.8 Å². The van der Waals surface area contributed by atoms with Gasteiger partial charge >= 0.3 is 6.18 Å². The van der Waals surface area contributed by atoms with Crippen molar-refractivity contribution in [3.8, 4) is 0 Å². The van der Waals surface area contributed by atoms with E-state index >= 15 is 0 Å². The number of carbonyl (C=O) groups is 1. The first-order valence-electron chi connectivity index (χ1n) is 5.84.